The largest absolute Gasteiger partial charge is 0.355 e. The molecule has 4 nitrogen and oxygen atoms in total. The van der Waals surface area contributed by atoms with Gasteiger partial charge in [-0.15, -0.1) is 0 Å². The van der Waals surface area contributed by atoms with Gasteiger partial charge in [-0.2, -0.15) is 0 Å². The van der Waals surface area contributed by atoms with Crippen LogP contribution in [-0.4, -0.2) is 29.3 Å². The van der Waals surface area contributed by atoms with Crippen LogP contribution in [0.4, 0.5) is 0 Å². The molecule has 0 fully saturated rings. The molecule has 6 heteroatoms. The van der Waals surface area contributed by atoms with Gasteiger partial charge < -0.3 is 10.2 Å². The molecular weight excluding hydrogens is 467 g/mol. The molecule has 2 amide bonds. The lowest BCUT2D eigenvalue weighted by Gasteiger charge is -2.32. The van der Waals surface area contributed by atoms with E-state index in [1.54, 1.807) is 17.0 Å². The van der Waals surface area contributed by atoms with Crippen molar-refractivity contribution >= 4 is 35.0 Å². The lowest BCUT2D eigenvalue weighted by atomic mass is 9.99. The molecule has 3 aromatic carbocycles. The molecule has 3 rings (SSSR count). The SMILES string of the molecule is CCNC(=O)C(Cc1ccccc1)N(Cc1ccc(Cl)c(Cl)c1)C(=O)Cc1cc(C)ccc1C. The van der Waals surface area contributed by atoms with Crippen molar-refractivity contribution in [3.8, 4) is 0 Å². The Labute approximate surface area is 211 Å². The fraction of sp³-hybridized carbons (Fsp3) is 0.286. The van der Waals surface area contributed by atoms with E-state index in [0.717, 1.165) is 27.8 Å². The van der Waals surface area contributed by atoms with Gasteiger partial charge in [0.2, 0.25) is 11.8 Å². The van der Waals surface area contributed by atoms with Gasteiger partial charge in [-0.3, -0.25) is 9.59 Å². The van der Waals surface area contributed by atoms with Crippen LogP contribution in [-0.2, 0) is 29.0 Å². The Morgan fingerprint density at radius 3 is 2.32 bits per heavy atom. The number of hydrogen-bond acceptors (Lipinski definition) is 2. The van der Waals surface area contributed by atoms with Crippen LogP contribution in [0.5, 0.6) is 0 Å². The number of nitrogens with one attached hydrogen (secondary N) is 1. The minimum Gasteiger partial charge on any atom is -0.355 e. The second-order valence-corrected chi connectivity index (χ2v) is 9.29. The van der Waals surface area contributed by atoms with Crippen LogP contribution in [0.3, 0.4) is 0 Å². The highest BCUT2D eigenvalue weighted by atomic mass is 35.5. The Hall–Kier alpha value is -2.82. The summed E-state index contributed by atoms with van der Waals surface area (Å²) in [7, 11) is 0. The molecule has 3 aromatic rings. The van der Waals surface area contributed by atoms with E-state index in [-0.39, 0.29) is 24.8 Å². The lowest BCUT2D eigenvalue weighted by Crippen LogP contribution is -2.51. The van der Waals surface area contributed by atoms with Gasteiger partial charge in [0.15, 0.2) is 0 Å². The van der Waals surface area contributed by atoms with E-state index < -0.39 is 6.04 Å². The number of rotatable bonds is 9. The molecule has 0 bridgehead atoms. The summed E-state index contributed by atoms with van der Waals surface area (Å²) >= 11 is 12.4. The summed E-state index contributed by atoms with van der Waals surface area (Å²) in [6, 6.07) is 20.5. The van der Waals surface area contributed by atoms with Crippen LogP contribution in [0.2, 0.25) is 10.0 Å². The maximum atomic E-state index is 13.8. The molecule has 0 radical (unpaired) electrons. The predicted octanol–water partition coefficient (Wildman–Crippen LogP) is 5.93. The van der Waals surface area contributed by atoms with Crippen LogP contribution in [0, 0.1) is 13.8 Å². The third-order valence-electron chi connectivity index (χ3n) is 5.81. The van der Waals surface area contributed by atoms with E-state index in [1.165, 1.54) is 0 Å². The highest BCUT2D eigenvalue weighted by Crippen LogP contribution is 2.25. The van der Waals surface area contributed by atoms with Crippen LogP contribution in [0.1, 0.15) is 34.7 Å². The van der Waals surface area contributed by atoms with Gasteiger partial charge in [0.05, 0.1) is 16.5 Å². The van der Waals surface area contributed by atoms with Crippen molar-refractivity contribution in [2.75, 3.05) is 6.54 Å². The smallest absolute Gasteiger partial charge is 0.243 e. The first kappa shape index (κ1) is 25.8. The first-order valence-electron chi connectivity index (χ1n) is 11.4. The van der Waals surface area contributed by atoms with Gasteiger partial charge in [-0.25, -0.2) is 0 Å². The average Bonchev–Trinajstić information content (AvgIpc) is 2.81. The van der Waals surface area contributed by atoms with Crippen molar-refractivity contribution in [3.05, 3.63) is 105 Å². The topological polar surface area (TPSA) is 49.4 Å². The van der Waals surface area contributed by atoms with E-state index in [4.69, 9.17) is 23.2 Å². The normalized spacial score (nSPS) is 11.7. The molecule has 0 saturated heterocycles. The van der Waals surface area contributed by atoms with Crippen LogP contribution in [0.25, 0.3) is 0 Å². The molecule has 0 aliphatic rings. The summed E-state index contributed by atoms with van der Waals surface area (Å²) < 4.78 is 0. The molecule has 0 aromatic heterocycles. The van der Waals surface area contributed by atoms with E-state index in [9.17, 15) is 9.59 Å². The fourth-order valence-electron chi connectivity index (χ4n) is 3.94. The number of carbonyl (C=O) groups is 2. The van der Waals surface area contributed by atoms with Crippen molar-refractivity contribution in [2.24, 2.45) is 0 Å². The molecule has 178 valence electrons. The lowest BCUT2D eigenvalue weighted by molar-refractivity contribution is -0.140. The quantitative estimate of drug-likeness (QED) is 0.399. The molecular formula is C28H30Cl2N2O2. The van der Waals surface area contributed by atoms with E-state index in [1.807, 2.05) is 75.4 Å². The number of halogens is 2. The van der Waals surface area contributed by atoms with Gasteiger partial charge in [0.1, 0.15) is 6.04 Å². The Bertz CT molecular complexity index is 1150. The Morgan fingerprint density at radius 1 is 0.912 bits per heavy atom. The second-order valence-electron chi connectivity index (χ2n) is 8.48. The zero-order chi connectivity index (χ0) is 24.7. The summed E-state index contributed by atoms with van der Waals surface area (Å²) in [6.45, 7) is 6.61. The van der Waals surface area contributed by atoms with Crippen molar-refractivity contribution in [1.29, 1.82) is 0 Å². The number of hydrogen-bond donors (Lipinski definition) is 1. The van der Waals surface area contributed by atoms with E-state index in [2.05, 4.69) is 5.32 Å². The highest BCUT2D eigenvalue weighted by Gasteiger charge is 2.30. The Morgan fingerprint density at radius 2 is 1.65 bits per heavy atom. The molecule has 0 saturated carbocycles. The minimum atomic E-state index is -0.672. The van der Waals surface area contributed by atoms with Gasteiger partial charge in [-0.1, -0.05) is 83.4 Å². The maximum Gasteiger partial charge on any atom is 0.243 e. The molecule has 0 aliphatic carbocycles. The van der Waals surface area contributed by atoms with Crippen LogP contribution >= 0.6 is 23.2 Å². The van der Waals surface area contributed by atoms with Gasteiger partial charge >= 0.3 is 0 Å². The van der Waals surface area contributed by atoms with Crippen molar-refractivity contribution in [3.63, 3.8) is 0 Å². The maximum absolute atomic E-state index is 13.8. The highest BCUT2D eigenvalue weighted by molar-refractivity contribution is 6.42. The van der Waals surface area contributed by atoms with E-state index in [0.29, 0.717) is 23.0 Å². The van der Waals surface area contributed by atoms with Gasteiger partial charge in [0, 0.05) is 19.5 Å². The van der Waals surface area contributed by atoms with Gasteiger partial charge in [0.25, 0.3) is 0 Å². The first-order valence-corrected chi connectivity index (χ1v) is 12.1. The summed E-state index contributed by atoms with van der Waals surface area (Å²) in [5, 5.41) is 3.77. The molecule has 0 spiro atoms. The third kappa shape index (κ3) is 6.85. The third-order valence-corrected chi connectivity index (χ3v) is 6.54. The van der Waals surface area contributed by atoms with Crippen molar-refractivity contribution in [2.45, 2.75) is 46.2 Å². The molecule has 0 aliphatic heterocycles. The van der Waals surface area contributed by atoms with Crippen LogP contribution in [0.15, 0.2) is 66.7 Å². The molecule has 1 atom stereocenters. The number of likely N-dealkylation sites (N-methyl/N-ethyl adjacent to an activating group) is 1. The monoisotopic (exact) mass is 496 g/mol. The first-order chi connectivity index (χ1) is 16.3. The summed E-state index contributed by atoms with van der Waals surface area (Å²) in [5.74, 6) is -0.298. The zero-order valence-corrected chi connectivity index (χ0v) is 21.3. The molecule has 0 heterocycles. The zero-order valence-electron chi connectivity index (χ0n) is 19.8. The standard InChI is InChI=1S/C28H30Cl2N2O2/c1-4-31-28(34)26(16-21-8-6-5-7-9-21)32(18-22-12-13-24(29)25(30)15-22)27(33)17-23-14-19(2)10-11-20(23)3/h5-15,26H,4,16-18H2,1-3H3,(H,31,34). The summed E-state index contributed by atoms with van der Waals surface area (Å²) in [5.41, 5.74) is 4.89. The number of carbonyl (C=O) groups excluding carboxylic acids is 2. The Balaban J connectivity index is 2.00. The average molecular weight is 497 g/mol. The predicted molar refractivity (Wildman–Crippen MR) is 139 cm³/mol. The minimum absolute atomic E-state index is 0.119. The number of benzene rings is 3. The van der Waals surface area contributed by atoms with Crippen LogP contribution < -0.4 is 5.32 Å². The van der Waals surface area contributed by atoms with E-state index >= 15 is 0 Å². The van der Waals surface area contributed by atoms with Crippen molar-refractivity contribution in [1.82, 2.24) is 10.2 Å². The molecule has 1 unspecified atom stereocenters. The molecule has 34 heavy (non-hydrogen) atoms. The second kappa shape index (κ2) is 12.0. The number of amides is 2. The molecule has 1 N–H and O–H groups in total. The summed E-state index contributed by atoms with van der Waals surface area (Å²) in [6.07, 6.45) is 0.617. The summed E-state index contributed by atoms with van der Waals surface area (Å²) in [4.78, 5) is 28.7. The fourth-order valence-corrected chi connectivity index (χ4v) is 4.26. The van der Waals surface area contributed by atoms with Gasteiger partial charge in [-0.05, 0) is 55.2 Å². The van der Waals surface area contributed by atoms with Crippen molar-refractivity contribution < 1.29 is 9.59 Å². The Kier molecular flexibility index (Phi) is 9.14. The number of aryl methyl sites for hydroxylation is 2. The number of nitrogens with zero attached hydrogens (tertiary/aromatic N) is 1.